The van der Waals surface area contributed by atoms with Gasteiger partial charge in [0, 0.05) is 38.5 Å². The summed E-state index contributed by atoms with van der Waals surface area (Å²) >= 11 is 14.3. The van der Waals surface area contributed by atoms with E-state index in [1.54, 1.807) is 42.5 Å². The van der Waals surface area contributed by atoms with E-state index >= 15 is 0 Å². The lowest BCUT2D eigenvalue weighted by Crippen LogP contribution is -2.45. The van der Waals surface area contributed by atoms with Crippen LogP contribution in [-0.2, 0) is 9.59 Å². The smallest absolute Gasteiger partial charge is 0.253 e. The van der Waals surface area contributed by atoms with Crippen LogP contribution < -0.4 is 21.3 Å². The Kier molecular flexibility index (Phi) is 16.8. The molecule has 0 aromatic heterocycles. The van der Waals surface area contributed by atoms with Gasteiger partial charge in [0.05, 0.1) is 23.2 Å². The van der Waals surface area contributed by atoms with Crippen LogP contribution in [0.3, 0.4) is 0 Å². The first kappa shape index (κ1) is 39.8. The molecule has 0 unspecified atom stereocenters. The molecule has 3 aromatic carbocycles. The summed E-state index contributed by atoms with van der Waals surface area (Å²) < 4.78 is 1.13. The zero-order valence-electron chi connectivity index (χ0n) is 27.8. The molecule has 0 aliphatic rings. The molecule has 0 aliphatic heterocycles. The van der Waals surface area contributed by atoms with E-state index in [0.717, 1.165) is 34.8 Å². The number of hydrogen-bond acceptors (Lipinski definition) is 5. The fourth-order valence-electron chi connectivity index (χ4n) is 4.85. The Hall–Kier alpha value is -3.67. The van der Waals surface area contributed by atoms with Crippen molar-refractivity contribution < 1.29 is 19.2 Å². The minimum absolute atomic E-state index is 0.0664. The van der Waals surface area contributed by atoms with E-state index in [0.29, 0.717) is 47.3 Å². The first-order chi connectivity index (χ1) is 23.4. The van der Waals surface area contributed by atoms with Crippen LogP contribution in [0.2, 0.25) is 10.0 Å². The van der Waals surface area contributed by atoms with E-state index < -0.39 is 5.91 Å². The number of allylic oxidation sites excluding steroid dienone is 1. The minimum atomic E-state index is -0.484. The standard InChI is InChI=1S/C38H43Cl2IN4O4/c1-25(2)22-34(45-37(48)24-43-38(49)32-23-29(39)14-19-33(32)40)26(3)42-21-7-5-4-6-8-36(47)44-31-17-12-28(13-18-31)35(46)20-11-27-9-15-30(41)16-10-27/h9-20,23,25,34,42H,3-8,21-22,24H2,1-2H3,(H,43,49)(H,44,47)(H,45,48)/b20-11+/t34-/m0/s1. The number of hydrogen-bond donors (Lipinski definition) is 4. The summed E-state index contributed by atoms with van der Waals surface area (Å²) in [6, 6.07) is 19.1. The third kappa shape index (κ3) is 14.8. The molecule has 0 radical (unpaired) electrons. The van der Waals surface area contributed by atoms with Crippen LogP contribution in [0.1, 0.15) is 78.7 Å². The zero-order chi connectivity index (χ0) is 35.8. The molecule has 0 aliphatic carbocycles. The van der Waals surface area contributed by atoms with Crippen molar-refractivity contribution in [2.24, 2.45) is 5.92 Å². The molecule has 8 nitrogen and oxygen atoms in total. The van der Waals surface area contributed by atoms with Crippen molar-refractivity contribution in [3.05, 3.63) is 115 Å². The molecule has 49 heavy (non-hydrogen) atoms. The van der Waals surface area contributed by atoms with E-state index in [1.165, 1.54) is 12.1 Å². The largest absolute Gasteiger partial charge is 0.387 e. The van der Waals surface area contributed by atoms with Crippen molar-refractivity contribution in [3.8, 4) is 0 Å². The quantitative estimate of drug-likeness (QED) is 0.0420. The summed E-state index contributed by atoms with van der Waals surface area (Å²) in [6.07, 6.45) is 7.89. The van der Waals surface area contributed by atoms with Gasteiger partial charge >= 0.3 is 0 Å². The molecule has 0 heterocycles. The fraction of sp³-hybridized carbons (Fsp3) is 0.316. The van der Waals surface area contributed by atoms with E-state index in [9.17, 15) is 19.2 Å². The molecule has 3 rings (SSSR count). The maximum absolute atomic E-state index is 12.7. The topological polar surface area (TPSA) is 116 Å². The number of carbonyl (C=O) groups is 4. The average Bonchev–Trinajstić information content (AvgIpc) is 3.07. The molecular formula is C38H43Cl2IN4O4. The van der Waals surface area contributed by atoms with Crippen LogP contribution in [0.25, 0.3) is 6.08 Å². The number of benzene rings is 3. The second kappa shape index (κ2) is 20.8. The maximum Gasteiger partial charge on any atom is 0.253 e. The maximum atomic E-state index is 12.7. The van der Waals surface area contributed by atoms with Crippen LogP contribution in [0, 0.1) is 9.49 Å². The zero-order valence-corrected chi connectivity index (χ0v) is 31.5. The number of nitrogens with one attached hydrogen (secondary N) is 4. The van der Waals surface area contributed by atoms with Crippen LogP contribution in [-0.4, -0.2) is 42.6 Å². The first-order valence-corrected chi connectivity index (χ1v) is 18.1. The number of carbonyl (C=O) groups excluding carboxylic acids is 4. The first-order valence-electron chi connectivity index (χ1n) is 16.2. The lowest BCUT2D eigenvalue weighted by atomic mass is 10.0. The van der Waals surface area contributed by atoms with Gasteiger partial charge in [-0.1, -0.05) is 74.7 Å². The number of anilines is 1. The molecule has 0 saturated carbocycles. The lowest BCUT2D eigenvalue weighted by Gasteiger charge is -2.24. The highest BCUT2D eigenvalue weighted by atomic mass is 127. The molecule has 3 amide bonds. The molecule has 3 aromatic rings. The Labute approximate surface area is 312 Å². The average molecular weight is 818 g/mol. The van der Waals surface area contributed by atoms with Crippen molar-refractivity contribution in [2.75, 3.05) is 18.4 Å². The molecule has 0 bridgehead atoms. The van der Waals surface area contributed by atoms with Gasteiger partial charge in [-0.2, -0.15) is 0 Å². The Bertz CT molecular complexity index is 1630. The molecular weight excluding hydrogens is 774 g/mol. The fourth-order valence-corrected chi connectivity index (χ4v) is 5.59. The van der Waals surface area contributed by atoms with Crippen molar-refractivity contribution in [1.82, 2.24) is 16.0 Å². The van der Waals surface area contributed by atoms with Crippen LogP contribution in [0.15, 0.2) is 85.1 Å². The molecule has 4 N–H and O–H groups in total. The van der Waals surface area contributed by atoms with E-state index in [2.05, 4.69) is 64.3 Å². The van der Waals surface area contributed by atoms with Crippen LogP contribution in [0.4, 0.5) is 5.69 Å². The molecule has 11 heteroatoms. The van der Waals surface area contributed by atoms with Crippen molar-refractivity contribution >= 4 is 81.1 Å². The van der Waals surface area contributed by atoms with Gasteiger partial charge in [-0.3, -0.25) is 19.2 Å². The van der Waals surface area contributed by atoms with Crippen molar-refractivity contribution in [3.63, 3.8) is 0 Å². The van der Waals surface area contributed by atoms with Gasteiger partial charge in [0.15, 0.2) is 5.78 Å². The lowest BCUT2D eigenvalue weighted by molar-refractivity contribution is -0.120. The van der Waals surface area contributed by atoms with Crippen LogP contribution in [0.5, 0.6) is 0 Å². The van der Waals surface area contributed by atoms with E-state index in [1.807, 2.05) is 24.3 Å². The molecule has 0 spiro atoms. The molecule has 0 saturated heterocycles. The number of amides is 3. The third-order valence-corrected chi connectivity index (χ3v) is 8.76. The number of unbranched alkanes of at least 4 members (excludes halogenated alkanes) is 3. The summed E-state index contributed by atoms with van der Waals surface area (Å²) in [5.41, 5.74) is 3.08. The normalized spacial score (nSPS) is 11.6. The Morgan fingerprint density at radius 2 is 1.55 bits per heavy atom. The SMILES string of the molecule is C=C(NCCCCCCC(=O)Nc1ccc(C(=O)/C=C/c2ccc(I)cc2)cc1)[C@H](CC(C)C)NC(=O)CNC(=O)c1cc(Cl)ccc1Cl. The number of rotatable bonds is 19. The van der Waals surface area contributed by atoms with Gasteiger partial charge in [0.25, 0.3) is 5.91 Å². The van der Waals surface area contributed by atoms with E-state index in [-0.39, 0.29) is 40.8 Å². The van der Waals surface area contributed by atoms with Crippen molar-refractivity contribution in [1.29, 1.82) is 0 Å². The highest BCUT2D eigenvalue weighted by molar-refractivity contribution is 14.1. The van der Waals surface area contributed by atoms with Crippen LogP contribution >= 0.6 is 45.8 Å². The van der Waals surface area contributed by atoms with Gasteiger partial charge in [-0.15, -0.1) is 0 Å². The summed E-state index contributed by atoms with van der Waals surface area (Å²) in [6.45, 7) is 8.74. The predicted molar refractivity (Wildman–Crippen MR) is 208 cm³/mol. The van der Waals surface area contributed by atoms with Gasteiger partial charge in [-0.05, 0) is 114 Å². The van der Waals surface area contributed by atoms with Gasteiger partial charge in [0.2, 0.25) is 11.8 Å². The van der Waals surface area contributed by atoms with Gasteiger partial charge in [-0.25, -0.2) is 0 Å². The third-order valence-electron chi connectivity index (χ3n) is 7.48. The van der Waals surface area contributed by atoms with Gasteiger partial charge < -0.3 is 21.3 Å². The summed E-state index contributed by atoms with van der Waals surface area (Å²) in [4.78, 5) is 50.1. The Morgan fingerprint density at radius 1 is 0.857 bits per heavy atom. The van der Waals surface area contributed by atoms with Crippen molar-refractivity contribution in [2.45, 2.75) is 58.4 Å². The summed E-state index contributed by atoms with van der Waals surface area (Å²) in [7, 11) is 0. The van der Waals surface area contributed by atoms with E-state index in [4.69, 9.17) is 23.2 Å². The second-order valence-corrected chi connectivity index (χ2v) is 14.1. The second-order valence-electron chi connectivity index (χ2n) is 12.0. The number of halogens is 3. The minimum Gasteiger partial charge on any atom is -0.387 e. The summed E-state index contributed by atoms with van der Waals surface area (Å²) in [5.74, 6) is -0.683. The molecule has 260 valence electrons. The van der Waals surface area contributed by atoms with Gasteiger partial charge in [0.1, 0.15) is 0 Å². The monoisotopic (exact) mass is 816 g/mol. The summed E-state index contributed by atoms with van der Waals surface area (Å²) in [5, 5.41) is 12.4. The number of ketones is 1. The highest BCUT2D eigenvalue weighted by Crippen LogP contribution is 2.20. The predicted octanol–water partition coefficient (Wildman–Crippen LogP) is 8.45. The highest BCUT2D eigenvalue weighted by Gasteiger charge is 2.19. The molecule has 1 atom stereocenters. The Morgan fingerprint density at radius 3 is 2.24 bits per heavy atom. The molecule has 0 fully saturated rings. The Balaban J connectivity index is 1.31.